The number of hydrogen-bond acceptors (Lipinski definition) is 5. The molecule has 5 rings (SSSR count). The zero-order valence-electron chi connectivity index (χ0n) is 23.0. The lowest BCUT2D eigenvalue weighted by Crippen LogP contribution is -2.42. The molecule has 4 aromatic rings. The average molecular weight is 558 g/mol. The summed E-state index contributed by atoms with van der Waals surface area (Å²) in [6, 6.07) is 18.0. The van der Waals surface area contributed by atoms with Gasteiger partial charge in [0.1, 0.15) is 18.2 Å². The van der Waals surface area contributed by atoms with Crippen molar-refractivity contribution < 1.29 is 14.0 Å². The molecular weight excluding hydrogens is 525 g/mol. The van der Waals surface area contributed by atoms with Gasteiger partial charge in [-0.05, 0) is 53.9 Å². The summed E-state index contributed by atoms with van der Waals surface area (Å²) in [5, 5.41) is 7.73. The first kappa shape index (κ1) is 27.6. The second-order valence-electron chi connectivity index (χ2n) is 10.9. The van der Waals surface area contributed by atoms with Crippen molar-refractivity contribution in [1.82, 2.24) is 20.1 Å². The Kier molecular flexibility index (Phi) is 7.76. The van der Waals surface area contributed by atoms with Crippen LogP contribution in [0, 0.1) is 12.7 Å². The second-order valence-corrected chi connectivity index (χ2v) is 12.0. The van der Waals surface area contributed by atoms with Gasteiger partial charge in [0.25, 0.3) is 0 Å². The van der Waals surface area contributed by atoms with Crippen LogP contribution in [0.3, 0.4) is 0 Å². The largest absolute Gasteiger partial charge is 0.350 e. The molecule has 0 saturated heterocycles. The lowest BCUT2D eigenvalue weighted by Gasteiger charge is -2.24. The van der Waals surface area contributed by atoms with Gasteiger partial charge in [0.2, 0.25) is 11.8 Å². The van der Waals surface area contributed by atoms with Crippen LogP contribution in [-0.4, -0.2) is 38.9 Å². The van der Waals surface area contributed by atoms with Crippen molar-refractivity contribution in [2.45, 2.75) is 44.9 Å². The molecule has 0 aliphatic carbocycles. The number of benzene rings is 2. The van der Waals surface area contributed by atoms with Crippen LogP contribution in [0.5, 0.6) is 0 Å². The number of thioether (sulfide) groups is 1. The normalized spacial score (nSPS) is 15.5. The van der Waals surface area contributed by atoms with Gasteiger partial charge in [0.15, 0.2) is 0 Å². The van der Waals surface area contributed by atoms with Gasteiger partial charge < -0.3 is 5.32 Å². The standard InChI is InChI=1S/C31H32FN5O2S/c1-20-7-5-9-24(15-20)37-30-27(29(35-37)31(2,3)4)28(22-10-12-23(32)13-11-22)40-19-26(39)36(30)18-25(38)34-17-21-8-6-14-33-16-21/h5-16,28H,17-19H2,1-4H3,(H,34,38)/t28-/m1/s1. The van der Waals surface area contributed by atoms with E-state index >= 15 is 0 Å². The molecule has 1 aliphatic rings. The van der Waals surface area contributed by atoms with Crippen molar-refractivity contribution in [2.75, 3.05) is 17.2 Å². The number of nitrogens with zero attached hydrogens (tertiary/aromatic N) is 4. The number of aryl methyl sites for hydroxylation is 1. The van der Waals surface area contributed by atoms with Crippen molar-refractivity contribution in [2.24, 2.45) is 0 Å². The number of fused-ring (bicyclic) bond motifs is 1. The van der Waals surface area contributed by atoms with Crippen molar-refractivity contribution >= 4 is 29.4 Å². The minimum absolute atomic E-state index is 0.157. The van der Waals surface area contributed by atoms with Crippen molar-refractivity contribution in [3.8, 4) is 5.69 Å². The predicted octanol–water partition coefficient (Wildman–Crippen LogP) is 5.50. The Morgan fingerprint density at radius 2 is 1.90 bits per heavy atom. The van der Waals surface area contributed by atoms with E-state index in [1.54, 1.807) is 34.1 Å². The molecule has 0 fully saturated rings. The molecule has 9 heteroatoms. The van der Waals surface area contributed by atoms with Crippen LogP contribution < -0.4 is 10.2 Å². The number of hydrogen-bond donors (Lipinski definition) is 1. The van der Waals surface area contributed by atoms with Crippen LogP contribution in [0.25, 0.3) is 5.69 Å². The maximum Gasteiger partial charge on any atom is 0.240 e. The quantitative estimate of drug-likeness (QED) is 0.339. The first-order valence-corrected chi connectivity index (χ1v) is 14.2. The van der Waals surface area contributed by atoms with Gasteiger partial charge in [-0.1, -0.05) is 51.1 Å². The third kappa shape index (κ3) is 5.79. The predicted molar refractivity (Wildman–Crippen MR) is 156 cm³/mol. The maximum atomic E-state index is 13.9. The first-order chi connectivity index (χ1) is 19.1. The molecule has 3 heterocycles. The fourth-order valence-corrected chi connectivity index (χ4v) is 6.01. The molecule has 2 amide bonds. The molecule has 0 saturated carbocycles. The van der Waals surface area contributed by atoms with Gasteiger partial charge in [-0.2, -0.15) is 5.10 Å². The van der Waals surface area contributed by atoms with E-state index in [0.717, 1.165) is 33.6 Å². The summed E-state index contributed by atoms with van der Waals surface area (Å²) in [5.41, 5.74) is 4.88. The Balaban J connectivity index is 1.65. The molecule has 1 N–H and O–H groups in total. The Labute approximate surface area is 237 Å². The zero-order chi connectivity index (χ0) is 28.4. The lowest BCUT2D eigenvalue weighted by molar-refractivity contribution is -0.123. The fourth-order valence-electron chi connectivity index (χ4n) is 4.82. The number of carbonyl (C=O) groups excluding carboxylic acids is 2. The summed E-state index contributed by atoms with van der Waals surface area (Å²) in [6.07, 6.45) is 3.37. The molecule has 40 heavy (non-hydrogen) atoms. The van der Waals surface area contributed by atoms with Gasteiger partial charge in [0.05, 0.1) is 22.4 Å². The molecule has 1 aliphatic heterocycles. The van der Waals surface area contributed by atoms with Crippen LogP contribution in [0.4, 0.5) is 10.2 Å². The van der Waals surface area contributed by atoms with E-state index in [4.69, 9.17) is 5.10 Å². The summed E-state index contributed by atoms with van der Waals surface area (Å²) in [6.45, 7) is 8.39. The van der Waals surface area contributed by atoms with E-state index in [-0.39, 0.29) is 40.6 Å². The monoisotopic (exact) mass is 557 g/mol. The van der Waals surface area contributed by atoms with E-state index in [1.807, 2.05) is 43.3 Å². The molecule has 0 spiro atoms. The molecule has 2 aromatic carbocycles. The highest BCUT2D eigenvalue weighted by atomic mass is 32.2. The Hall–Kier alpha value is -3.98. The average Bonchev–Trinajstić information content (AvgIpc) is 3.27. The number of carbonyl (C=O) groups is 2. The maximum absolute atomic E-state index is 13.9. The van der Waals surface area contributed by atoms with E-state index in [9.17, 15) is 14.0 Å². The number of nitrogens with one attached hydrogen (secondary N) is 1. The van der Waals surface area contributed by atoms with Crippen molar-refractivity contribution in [3.05, 3.63) is 107 Å². The molecule has 2 aromatic heterocycles. The van der Waals surface area contributed by atoms with Crippen LogP contribution >= 0.6 is 11.8 Å². The number of rotatable bonds is 6. The number of pyridine rings is 1. The fraction of sp³-hybridized carbons (Fsp3) is 0.290. The number of amides is 2. The highest BCUT2D eigenvalue weighted by Crippen LogP contribution is 2.48. The zero-order valence-corrected chi connectivity index (χ0v) is 23.8. The number of anilines is 1. The summed E-state index contributed by atoms with van der Waals surface area (Å²) >= 11 is 1.47. The third-order valence-electron chi connectivity index (χ3n) is 6.73. The van der Waals surface area contributed by atoms with Gasteiger partial charge in [-0.25, -0.2) is 9.07 Å². The van der Waals surface area contributed by atoms with Crippen molar-refractivity contribution in [1.29, 1.82) is 0 Å². The SMILES string of the molecule is Cc1cccc(-n2nc(C(C)(C)C)c3c2N(CC(=O)NCc2cccnc2)C(=O)CS[C@@H]3c2ccc(F)cc2)c1. The number of aromatic nitrogens is 3. The molecule has 7 nitrogen and oxygen atoms in total. The summed E-state index contributed by atoms with van der Waals surface area (Å²) < 4.78 is 15.7. The minimum Gasteiger partial charge on any atom is -0.350 e. The molecule has 1 atom stereocenters. The molecule has 0 unspecified atom stereocenters. The van der Waals surface area contributed by atoms with Crippen LogP contribution in [0.15, 0.2) is 73.1 Å². The van der Waals surface area contributed by atoms with Gasteiger partial charge >= 0.3 is 0 Å². The lowest BCUT2D eigenvalue weighted by atomic mass is 9.87. The Bertz CT molecular complexity index is 1530. The highest BCUT2D eigenvalue weighted by Gasteiger charge is 2.39. The van der Waals surface area contributed by atoms with Crippen molar-refractivity contribution in [3.63, 3.8) is 0 Å². The molecular formula is C31H32FN5O2S. The summed E-state index contributed by atoms with van der Waals surface area (Å²) in [5.74, 6) is -0.0814. The first-order valence-electron chi connectivity index (χ1n) is 13.2. The topological polar surface area (TPSA) is 80.1 Å². The third-order valence-corrected chi connectivity index (χ3v) is 7.99. The highest BCUT2D eigenvalue weighted by molar-refractivity contribution is 8.00. The summed E-state index contributed by atoms with van der Waals surface area (Å²) in [4.78, 5) is 32.6. The van der Waals surface area contributed by atoms with E-state index in [1.165, 1.54) is 23.9 Å². The van der Waals surface area contributed by atoms with E-state index < -0.39 is 0 Å². The minimum atomic E-state index is -0.375. The second kappa shape index (κ2) is 11.3. The van der Waals surface area contributed by atoms with Gasteiger partial charge in [0, 0.05) is 29.9 Å². The Morgan fingerprint density at radius 1 is 1.12 bits per heavy atom. The van der Waals surface area contributed by atoms with E-state index in [0.29, 0.717) is 12.4 Å². The van der Waals surface area contributed by atoms with Crippen LogP contribution in [-0.2, 0) is 21.5 Å². The molecule has 0 radical (unpaired) electrons. The van der Waals surface area contributed by atoms with Gasteiger partial charge in [-0.15, -0.1) is 11.8 Å². The molecule has 206 valence electrons. The van der Waals surface area contributed by atoms with Crippen LogP contribution in [0.2, 0.25) is 0 Å². The summed E-state index contributed by atoms with van der Waals surface area (Å²) in [7, 11) is 0. The smallest absolute Gasteiger partial charge is 0.240 e. The number of halogens is 1. The Morgan fingerprint density at radius 3 is 2.58 bits per heavy atom. The molecule has 0 bridgehead atoms. The van der Waals surface area contributed by atoms with E-state index in [2.05, 4.69) is 31.1 Å². The van der Waals surface area contributed by atoms with Crippen LogP contribution in [0.1, 0.15) is 54.0 Å². The van der Waals surface area contributed by atoms with Gasteiger partial charge in [-0.3, -0.25) is 19.5 Å².